The van der Waals surface area contributed by atoms with E-state index in [-0.39, 0.29) is 0 Å². The zero-order valence-corrected chi connectivity index (χ0v) is 24.6. The number of rotatable bonds is 3. The van der Waals surface area contributed by atoms with Crippen molar-refractivity contribution in [3.05, 3.63) is 141 Å². The number of pyridine rings is 3. The number of aryl methyl sites for hydroxylation is 3. The summed E-state index contributed by atoms with van der Waals surface area (Å²) in [5, 5.41) is 0. The molecule has 0 unspecified atom stereocenters. The monoisotopic (exact) mass is 554 g/mol. The van der Waals surface area contributed by atoms with Crippen molar-refractivity contribution in [2.75, 3.05) is 4.90 Å². The summed E-state index contributed by atoms with van der Waals surface area (Å²) in [6.45, 7) is 6.46. The summed E-state index contributed by atoms with van der Waals surface area (Å²) >= 11 is 0. The molecule has 0 bridgehead atoms. The van der Waals surface area contributed by atoms with Crippen LogP contribution < -0.4 is 4.90 Å². The highest BCUT2D eigenvalue weighted by atomic mass is 15.3. The van der Waals surface area contributed by atoms with Crippen molar-refractivity contribution in [3.63, 3.8) is 0 Å². The van der Waals surface area contributed by atoms with Crippen LogP contribution in [-0.4, -0.2) is 15.0 Å². The summed E-state index contributed by atoms with van der Waals surface area (Å²) in [6.07, 6.45) is 2.52. The van der Waals surface area contributed by atoms with Crippen molar-refractivity contribution in [1.82, 2.24) is 15.0 Å². The zero-order chi connectivity index (χ0) is 28.8. The highest BCUT2D eigenvalue weighted by Gasteiger charge is 2.28. The molecule has 0 amide bonds. The van der Waals surface area contributed by atoms with Gasteiger partial charge in [0.1, 0.15) is 17.5 Å². The van der Waals surface area contributed by atoms with E-state index in [0.29, 0.717) is 0 Å². The molecule has 206 valence electrons. The summed E-state index contributed by atoms with van der Waals surface area (Å²) in [5.41, 5.74) is 18.7. The Morgan fingerprint density at radius 1 is 0.395 bits per heavy atom. The van der Waals surface area contributed by atoms with Gasteiger partial charge in [-0.1, -0.05) is 71.3 Å². The highest BCUT2D eigenvalue weighted by Crippen LogP contribution is 2.43. The summed E-state index contributed by atoms with van der Waals surface area (Å²) < 4.78 is 0. The SMILES string of the molecule is Cc1ccc2c(c1)Cc1nc(N(c3ccc4c(n3)Cc3cc(C)ccc3-4)c3ccc4c(n3)Cc3cc(C)ccc3-4)ccc1-2. The molecule has 3 aliphatic rings. The van der Waals surface area contributed by atoms with Crippen molar-refractivity contribution < 1.29 is 0 Å². The lowest BCUT2D eigenvalue weighted by atomic mass is 10.0. The highest BCUT2D eigenvalue weighted by molar-refractivity contribution is 5.83. The molecule has 43 heavy (non-hydrogen) atoms. The quantitative estimate of drug-likeness (QED) is 0.219. The van der Waals surface area contributed by atoms with Crippen LogP contribution >= 0.6 is 0 Å². The van der Waals surface area contributed by atoms with Gasteiger partial charge >= 0.3 is 0 Å². The number of hydrogen-bond acceptors (Lipinski definition) is 4. The van der Waals surface area contributed by atoms with Crippen molar-refractivity contribution in [1.29, 1.82) is 0 Å². The maximum absolute atomic E-state index is 5.29. The Hall–Kier alpha value is -5.09. The molecule has 9 rings (SSSR count). The molecule has 0 saturated heterocycles. The van der Waals surface area contributed by atoms with Crippen LogP contribution in [0.1, 0.15) is 50.5 Å². The van der Waals surface area contributed by atoms with Gasteiger partial charge in [-0.2, -0.15) is 0 Å². The molecule has 4 nitrogen and oxygen atoms in total. The third-order valence-electron chi connectivity index (χ3n) is 9.29. The Labute approximate surface area is 251 Å². The lowest BCUT2D eigenvalue weighted by Crippen LogP contribution is -2.16. The maximum Gasteiger partial charge on any atom is 0.140 e. The molecule has 6 aromatic rings. The molecule has 0 spiro atoms. The van der Waals surface area contributed by atoms with Crippen LogP contribution in [0.25, 0.3) is 33.4 Å². The Bertz CT molecular complexity index is 1910. The molecule has 3 aromatic heterocycles. The topological polar surface area (TPSA) is 41.9 Å². The van der Waals surface area contributed by atoms with Gasteiger partial charge in [-0.3, -0.25) is 4.90 Å². The lowest BCUT2D eigenvalue weighted by molar-refractivity contribution is 1.01. The third-order valence-corrected chi connectivity index (χ3v) is 9.29. The number of hydrogen-bond donors (Lipinski definition) is 0. The molecule has 3 heterocycles. The molecule has 0 saturated carbocycles. The minimum Gasteiger partial charge on any atom is -0.262 e. The fourth-order valence-corrected chi connectivity index (χ4v) is 7.27. The van der Waals surface area contributed by atoms with Crippen molar-refractivity contribution in [2.45, 2.75) is 40.0 Å². The fourth-order valence-electron chi connectivity index (χ4n) is 7.27. The summed E-state index contributed by atoms with van der Waals surface area (Å²) in [7, 11) is 0. The average Bonchev–Trinajstić information content (AvgIpc) is 3.65. The first-order chi connectivity index (χ1) is 21.0. The van der Waals surface area contributed by atoms with Crippen LogP contribution in [0, 0.1) is 20.8 Å². The van der Waals surface area contributed by atoms with Gasteiger partial charge in [0.05, 0.1) is 17.1 Å². The smallest absolute Gasteiger partial charge is 0.140 e. The van der Waals surface area contributed by atoms with E-state index in [1.165, 1.54) is 66.8 Å². The molecule has 3 aromatic carbocycles. The van der Waals surface area contributed by atoms with E-state index in [4.69, 9.17) is 15.0 Å². The van der Waals surface area contributed by atoms with Gasteiger partial charge in [-0.05, 0) is 90.6 Å². The molecule has 0 N–H and O–H groups in total. The van der Waals surface area contributed by atoms with Crippen LogP contribution in [0.4, 0.5) is 17.5 Å². The lowest BCUT2D eigenvalue weighted by Gasteiger charge is -2.24. The molecular weight excluding hydrogens is 524 g/mol. The molecular formula is C39H30N4. The van der Waals surface area contributed by atoms with E-state index in [9.17, 15) is 0 Å². The van der Waals surface area contributed by atoms with Crippen LogP contribution in [0.2, 0.25) is 0 Å². The van der Waals surface area contributed by atoms with Gasteiger partial charge in [0.25, 0.3) is 0 Å². The number of aromatic nitrogens is 3. The van der Waals surface area contributed by atoms with Crippen LogP contribution in [0.5, 0.6) is 0 Å². The van der Waals surface area contributed by atoms with E-state index in [1.54, 1.807) is 0 Å². The largest absolute Gasteiger partial charge is 0.262 e. The molecule has 0 atom stereocenters. The molecule has 3 aliphatic carbocycles. The van der Waals surface area contributed by atoms with Crippen molar-refractivity contribution >= 4 is 17.5 Å². The van der Waals surface area contributed by atoms with E-state index < -0.39 is 0 Å². The zero-order valence-electron chi connectivity index (χ0n) is 24.6. The first kappa shape index (κ1) is 24.5. The van der Waals surface area contributed by atoms with Gasteiger partial charge in [0.2, 0.25) is 0 Å². The van der Waals surface area contributed by atoms with Crippen LogP contribution in [0.15, 0.2) is 91.0 Å². The normalized spacial score (nSPS) is 13.2. The number of fused-ring (bicyclic) bond motifs is 9. The minimum absolute atomic E-state index is 0.840. The number of nitrogens with zero attached hydrogens (tertiary/aromatic N) is 4. The number of anilines is 3. The van der Waals surface area contributed by atoms with E-state index in [0.717, 1.165) is 53.8 Å². The van der Waals surface area contributed by atoms with Gasteiger partial charge < -0.3 is 0 Å². The van der Waals surface area contributed by atoms with Crippen LogP contribution in [-0.2, 0) is 19.3 Å². The second kappa shape index (κ2) is 8.95. The van der Waals surface area contributed by atoms with E-state index >= 15 is 0 Å². The minimum atomic E-state index is 0.840. The second-order valence-corrected chi connectivity index (χ2v) is 12.3. The van der Waals surface area contributed by atoms with Crippen LogP contribution in [0.3, 0.4) is 0 Å². The summed E-state index contributed by atoms with van der Waals surface area (Å²) in [6, 6.07) is 33.2. The molecule has 0 fully saturated rings. The first-order valence-electron chi connectivity index (χ1n) is 15.1. The standard InChI is InChI=1S/C39H30N4/c1-22-4-7-28-25(16-22)19-34-31(28)10-13-37(40-34)43(38-14-11-32-29-8-5-23(2)17-26(29)20-35(32)41-38)39-15-12-33-30-9-6-24(3)18-27(30)21-36(33)42-39/h4-18H,19-21H2,1-3H3. The Balaban J connectivity index is 1.17. The molecule has 0 aliphatic heterocycles. The third kappa shape index (κ3) is 3.79. The van der Waals surface area contributed by atoms with Crippen molar-refractivity contribution in [3.8, 4) is 33.4 Å². The van der Waals surface area contributed by atoms with Gasteiger partial charge in [-0.25, -0.2) is 15.0 Å². The molecule has 0 radical (unpaired) electrons. The summed E-state index contributed by atoms with van der Waals surface area (Å²) in [5.74, 6) is 2.54. The predicted molar refractivity (Wildman–Crippen MR) is 173 cm³/mol. The average molecular weight is 555 g/mol. The van der Waals surface area contributed by atoms with Crippen molar-refractivity contribution in [2.24, 2.45) is 0 Å². The maximum atomic E-state index is 5.29. The van der Waals surface area contributed by atoms with E-state index in [1.807, 2.05) is 0 Å². The van der Waals surface area contributed by atoms with Gasteiger partial charge in [0, 0.05) is 36.0 Å². The first-order valence-corrected chi connectivity index (χ1v) is 15.1. The Morgan fingerprint density at radius 3 is 1.02 bits per heavy atom. The Kier molecular flexibility index (Phi) is 5.10. The van der Waals surface area contributed by atoms with Gasteiger partial charge in [-0.15, -0.1) is 0 Å². The fraction of sp³-hybridized carbons (Fsp3) is 0.154. The van der Waals surface area contributed by atoms with E-state index in [2.05, 4.69) is 117 Å². The second-order valence-electron chi connectivity index (χ2n) is 12.3. The predicted octanol–water partition coefficient (Wildman–Crippen LogP) is 8.98. The Morgan fingerprint density at radius 2 is 0.698 bits per heavy atom. The summed E-state index contributed by atoms with van der Waals surface area (Å²) in [4.78, 5) is 18.0. The molecule has 4 heteroatoms. The van der Waals surface area contributed by atoms with Gasteiger partial charge in [0.15, 0.2) is 0 Å². The number of benzene rings is 3.